The molecule has 0 amide bonds. The summed E-state index contributed by atoms with van der Waals surface area (Å²) < 4.78 is 21.5. The van der Waals surface area contributed by atoms with Gasteiger partial charge in [-0.05, 0) is 88.7 Å². The van der Waals surface area contributed by atoms with Gasteiger partial charge in [0.1, 0.15) is 6.61 Å². The molecular formula is C22H32N2O2S. The van der Waals surface area contributed by atoms with E-state index in [0.717, 1.165) is 37.9 Å². The molecule has 4 nitrogen and oxygen atoms in total. The Bertz CT molecular complexity index is 752. The molecule has 1 aromatic rings. The summed E-state index contributed by atoms with van der Waals surface area (Å²) in [5, 5.41) is 3.48. The number of nitrogens with one attached hydrogen (secondary N) is 2. The summed E-state index contributed by atoms with van der Waals surface area (Å²) in [6.45, 7) is 11.2. The van der Waals surface area contributed by atoms with Gasteiger partial charge in [-0.15, -0.1) is 0 Å². The van der Waals surface area contributed by atoms with Gasteiger partial charge < -0.3 is 10.1 Å². The van der Waals surface area contributed by atoms with Gasteiger partial charge in [0, 0.05) is 12.2 Å². The lowest BCUT2D eigenvalue weighted by Gasteiger charge is -2.40. The first-order valence-corrected chi connectivity index (χ1v) is 11.1. The Labute approximate surface area is 166 Å². The molecular weight excluding hydrogens is 356 g/mol. The Kier molecular flexibility index (Phi) is 6.43. The summed E-state index contributed by atoms with van der Waals surface area (Å²) in [6, 6.07) is 6.63. The third-order valence-corrected chi connectivity index (χ3v) is 7.17. The van der Waals surface area contributed by atoms with Crippen molar-refractivity contribution in [3.05, 3.63) is 34.9 Å². The summed E-state index contributed by atoms with van der Waals surface area (Å²) in [5.74, 6) is 6.30. The highest BCUT2D eigenvalue weighted by Crippen LogP contribution is 2.51. The SMILES string of the molecule is CCOCC#Cc1ccc2c(c1)[C@@H](N[S@](=O)C(C)(C)C)C1(CCNCC1)C2. The lowest BCUT2D eigenvalue weighted by molar-refractivity contribution is 0.164. The Morgan fingerprint density at radius 2 is 2.07 bits per heavy atom. The fourth-order valence-corrected chi connectivity index (χ4v) is 5.01. The van der Waals surface area contributed by atoms with Crippen molar-refractivity contribution in [2.24, 2.45) is 5.41 Å². The maximum Gasteiger partial charge on any atom is 0.108 e. The predicted molar refractivity (Wildman–Crippen MR) is 112 cm³/mol. The number of hydrogen-bond donors (Lipinski definition) is 2. The molecule has 1 saturated heterocycles. The van der Waals surface area contributed by atoms with Gasteiger partial charge in [0.25, 0.3) is 0 Å². The molecule has 0 aromatic heterocycles. The first kappa shape index (κ1) is 20.5. The Morgan fingerprint density at radius 1 is 1.33 bits per heavy atom. The van der Waals surface area contributed by atoms with Crippen LogP contribution in [0.3, 0.4) is 0 Å². The van der Waals surface area contributed by atoms with Crippen molar-refractivity contribution in [3.8, 4) is 11.8 Å². The molecule has 27 heavy (non-hydrogen) atoms. The van der Waals surface area contributed by atoms with Gasteiger partial charge in [-0.1, -0.05) is 17.9 Å². The molecule has 1 heterocycles. The van der Waals surface area contributed by atoms with Gasteiger partial charge in [-0.3, -0.25) is 0 Å². The first-order chi connectivity index (χ1) is 12.9. The Hall–Kier alpha value is -1.19. The van der Waals surface area contributed by atoms with E-state index in [-0.39, 0.29) is 16.2 Å². The van der Waals surface area contributed by atoms with Crippen LogP contribution in [0.5, 0.6) is 0 Å². The molecule has 148 valence electrons. The van der Waals surface area contributed by atoms with E-state index in [1.165, 1.54) is 11.1 Å². The maximum absolute atomic E-state index is 12.9. The zero-order valence-electron chi connectivity index (χ0n) is 17.0. The normalized spacial score (nSPS) is 22.1. The smallest absolute Gasteiger partial charge is 0.108 e. The lowest BCUT2D eigenvalue weighted by atomic mass is 9.73. The van der Waals surface area contributed by atoms with Gasteiger partial charge in [0.2, 0.25) is 0 Å². The molecule has 1 aliphatic carbocycles. The Balaban J connectivity index is 1.91. The van der Waals surface area contributed by atoms with Crippen LogP contribution in [0.25, 0.3) is 0 Å². The molecule has 0 bridgehead atoms. The average Bonchev–Trinajstić information content (AvgIpc) is 2.91. The van der Waals surface area contributed by atoms with E-state index in [9.17, 15) is 4.21 Å². The second kappa shape index (κ2) is 8.45. The summed E-state index contributed by atoms with van der Waals surface area (Å²) >= 11 is 0. The third kappa shape index (κ3) is 4.63. The fourth-order valence-electron chi connectivity index (χ4n) is 4.07. The van der Waals surface area contributed by atoms with E-state index in [2.05, 4.69) is 40.1 Å². The quantitative estimate of drug-likeness (QED) is 0.616. The van der Waals surface area contributed by atoms with Crippen LogP contribution in [0, 0.1) is 17.3 Å². The average molecular weight is 389 g/mol. The monoisotopic (exact) mass is 388 g/mol. The highest BCUT2D eigenvalue weighted by Gasteiger charge is 2.47. The maximum atomic E-state index is 12.9. The summed E-state index contributed by atoms with van der Waals surface area (Å²) in [4.78, 5) is 0. The minimum atomic E-state index is -1.10. The summed E-state index contributed by atoms with van der Waals surface area (Å²) in [7, 11) is -1.10. The van der Waals surface area contributed by atoms with Crippen LogP contribution >= 0.6 is 0 Å². The van der Waals surface area contributed by atoms with Crippen LogP contribution in [-0.2, 0) is 22.1 Å². The van der Waals surface area contributed by atoms with Crippen molar-refractivity contribution in [1.82, 2.24) is 10.0 Å². The van der Waals surface area contributed by atoms with Crippen LogP contribution in [0.4, 0.5) is 0 Å². The number of rotatable bonds is 4. The molecule has 3 rings (SSSR count). The van der Waals surface area contributed by atoms with Crippen molar-refractivity contribution in [2.75, 3.05) is 26.3 Å². The third-order valence-electron chi connectivity index (χ3n) is 5.60. The van der Waals surface area contributed by atoms with Crippen molar-refractivity contribution in [1.29, 1.82) is 0 Å². The van der Waals surface area contributed by atoms with E-state index in [0.29, 0.717) is 13.2 Å². The standard InChI is InChI=1S/C22H32N2O2S/c1-5-26-14-6-7-17-8-9-18-16-22(10-12-23-13-11-22)20(19(18)15-17)24-27(25)21(2,3)4/h8-9,15,20,23-24H,5,10-14,16H2,1-4H3/t20-,27-/m1/s1. The highest BCUT2D eigenvalue weighted by atomic mass is 32.2. The van der Waals surface area contributed by atoms with Gasteiger partial charge in [-0.25, -0.2) is 8.93 Å². The van der Waals surface area contributed by atoms with Crippen LogP contribution in [0.2, 0.25) is 0 Å². The van der Waals surface area contributed by atoms with Gasteiger partial charge in [0.15, 0.2) is 0 Å². The minimum Gasteiger partial charge on any atom is -0.369 e. The van der Waals surface area contributed by atoms with Crippen LogP contribution < -0.4 is 10.0 Å². The predicted octanol–water partition coefficient (Wildman–Crippen LogP) is 3.09. The molecule has 1 aliphatic heterocycles. The Morgan fingerprint density at radius 3 is 2.74 bits per heavy atom. The molecule has 1 spiro atoms. The minimum absolute atomic E-state index is 0.114. The lowest BCUT2D eigenvalue weighted by Crippen LogP contribution is -2.46. The molecule has 2 atom stereocenters. The largest absolute Gasteiger partial charge is 0.369 e. The summed E-state index contributed by atoms with van der Waals surface area (Å²) in [6.07, 6.45) is 3.26. The molecule has 0 unspecified atom stereocenters. The number of piperidine rings is 1. The second-order valence-corrected chi connectivity index (χ2v) is 10.6. The van der Waals surface area contributed by atoms with Gasteiger partial charge in [0.05, 0.1) is 21.8 Å². The number of hydrogen-bond acceptors (Lipinski definition) is 3. The molecule has 2 N–H and O–H groups in total. The van der Waals surface area contributed by atoms with E-state index in [1.807, 2.05) is 27.7 Å². The van der Waals surface area contributed by atoms with E-state index in [4.69, 9.17) is 4.74 Å². The van der Waals surface area contributed by atoms with Gasteiger partial charge in [-0.2, -0.15) is 0 Å². The van der Waals surface area contributed by atoms with E-state index >= 15 is 0 Å². The topological polar surface area (TPSA) is 50.4 Å². The van der Waals surface area contributed by atoms with E-state index < -0.39 is 11.0 Å². The van der Waals surface area contributed by atoms with Crippen molar-refractivity contribution >= 4 is 11.0 Å². The highest BCUT2D eigenvalue weighted by molar-refractivity contribution is 7.84. The summed E-state index contributed by atoms with van der Waals surface area (Å²) in [5.41, 5.74) is 3.80. The first-order valence-electron chi connectivity index (χ1n) is 9.94. The second-order valence-electron chi connectivity index (χ2n) is 8.57. The van der Waals surface area contributed by atoms with Crippen LogP contribution in [0.15, 0.2) is 18.2 Å². The zero-order valence-corrected chi connectivity index (χ0v) is 17.8. The number of ether oxygens (including phenoxy) is 1. The zero-order chi connectivity index (χ0) is 19.5. The molecule has 1 aromatic carbocycles. The fraction of sp³-hybridized carbons (Fsp3) is 0.636. The van der Waals surface area contributed by atoms with Gasteiger partial charge >= 0.3 is 0 Å². The number of fused-ring (bicyclic) bond motifs is 1. The van der Waals surface area contributed by atoms with Crippen molar-refractivity contribution in [2.45, 2.75) is 57.7 Å². The van der Waals surface area contributed by atoms with Crippen LogP contribution in [-0.4, -0.2) is 35.3 Å². The molecule has 0 radical (unpaired) electrons. The van der Waals surface area contributed by atoms with E-state index in [1.54, 1.807) is 0 Å². The van der Waals surface area contributed by atoms with Crippen LogP contribution in [0.1, 0.15) is 63.3 Å². The molecule has 1 fully saturated rings. The van der Waals surface area contributed by atoms with Crippen molar-refractivity contribution in [3.63, 3.8) is 0 Å². The molecule has 0 saturated carbocycles. The molecule has 2 aliphatic rings. The number of benzene rings is 1. The van der Waals surface area contributed by atoms with Crippen molar-refractivity contribution < 1.29 is 8.95 Å². The molecule has 5 heteroatoms.